The highest BCUT2D eigenvalue weighted by Gasteiger charge is 2.41. The Balaban J connectivity index is 1.43. The number of fused-ring (bicyclic) bond motifs is 1. The molecule has 0 aromatic rings. The van der Waals surface area contributed by atoms with Crippen molar-refractivity contribution in [1.29, 1.82) is 0 Å². The second-order valence-electron chi connectivity index (χ2n) is 6.64. The summed E-state index contributed by atoms with van der Waals surface area (Å²) in [5, 5.41) is 3.10. The summed E-state index contributed by atoms with van der Waals surface area (Å²) in [7, 11) is 0. The molecule has 3 saturated heterocycles. The molecule has 0 saturated carbocycles. The topological polar surface area (TPSA) is 50.8 Å². The van der Waals surface area contributed by atoms with Gasteiger partial charge >= 0.3 is 0 Å². The van der Waals surface area contributed by atoms with E-state index in [-0.39, 0.29) is 18.1 Å². The lowest BCUT2D eigenvalue weighted by Gasteiger charge is -2.33. The smallest absolute Gasteiger partial charge is 0.249 e. The average Bonchev–Trinajstić information content (AvgIpc) is 2.96. The number of hydrogen-bond acceptors (Lipinski definition) is 4. The first kappa shape index (κ1) is 15.3. The van der Waals surface area contributed by atoms with Gasteiger partial charge in [-0.2, -0.15) is 0 Å². The summed E-state index contributed by atoms with van der Waals surface area (Å²) in [4.78, 5) is 14.7. The normalized spacial score (nSPS) is 34.6. The van der Waals surface area contributed by atoms with Crippen LogP contribution in [0, 0.1) is 11.8 Å². The average molecular weight is 296 g/mol. The van der Waals surface area contributed by atoms with Gasteiger partial charge in [-0.25, -0.2) is 0 Å². The van der Waals surface area contributed by atoms with Crippen molar-refractivity contribution >= 4 is 5.91 Å². The first-order valence-corrected chi connectivity index (χ1v) is 8.49. The molecule has 3 aliphatic rings. The van der Waals surface area contributed by atoms with E-state index in [1.54, 1.807) is 0 Å². The van der Waals surface area contributed by atoms with Gasteiger partial charge in [0.05, 0.1) is 6.10 Å². The van der Waals surface area contributed by atoms with Gasteiger partial charge in [0.2, 0.25) is 5.91 Å². The highest BCUT2D eigenvalue weighted by atomic mass is 16.5. The number of carbonyl (C=O) groups is 1. The summed E-state index contributed by atoms with van der Waals surface area (Å²) in [6.45, 7) is 7.84. The van der Waals surface area contributed by atoms with Gasteiger partial charge in [0.25, 0.3) is 0 Å². The fraction of sp³-hybridized carbons (Fsp3) is 0.938. The highest BCUT2D eigenvalue weighted by Crippen LogP contribution is 2.33. The zero-order valence-corrected chi connectivity index (χ0v) is 13.1. The largest absolute Gasteiger partial charge is 0.381 e. The molecule has 1 amide bonds. The van der Waals surface area contributed by atoms with Crippen LogP contribution in [0.4, 0.5) is 0 Å². The third-order valence-electron chi connectivity index (χ3n) is 5.28. The molecule has 0 radical (unpaired) electrons. The van der Waals surface area contributed by atoms with E-state index < -0.39 is 0 Å². The monoisotopic (exact) mass is 296 g/mol. The van der Waals surface area contributed by atoms with E-state index in [0.717, 1.165) is 58.7 Å². The molecule has 0 aromatic carbocycles. The van der Waals surface area contributed by atoms with Crippen LogP contribution in [0.15, 0.2) is 0 Å². The number of likely N-dealkylation sites (tertiary alicyclic amines) is 1. The Hall–Kier alpha value is -0.650. The van der Waals surface area contributed by atoms with Crippen molar-refractivity contribution in [3.63, 3.8) is 0 Å². The molecule has 0 spiro atoms. The molecule has 3 rings (SSSR count). The minimum atomic E-state index is -0.225. The van der Waals surface area contributed by atoms with Gasteiger partial charge in [-0.05, 0) is 50.6 Å². The van der Waals surface area contributed by atoms with E-state index in [2.05, 4.69) is 17.1 Å². The maximum Gasteiger partial charge on any atom is 0.249 e. The van der Waals surface area contributed by atoms with Crippen LogP contribution in [0.3, 0.4) is 0 Å². The van der Waals surface area contributed by atoms with Crippen LogP contribution in [0.1, 0.15) is 32.6 Å². The fourth-order valence-electron chi connectivity index (χ4n) is 3.76. The van der Waals surface area contributed by atoms with E-state index >= 15 is 0 Å². The Kier molecular flexibility index (Phi) is 5.14. The van der Waals surface area contributed by atoms with Crippen molar-refractivity contribution in [2.45, 2.75) is 44.8 Å². The van der Waals surface area contributed by atoms with Gasteiger partial charge in [-0.15, -0.1) is 0 Å². The zero-order valence-electron chi connectivity index (χ0n) is 13.1. The van der Waals surface area contributed by atoms with Crippen LogP contribution in [0.5, 0.6) is 0 Å². The second-order valence-corrected chi connectivity index (χ2v) is 6.64. The number of amides is 1. The molecular formula is C16H28N2O3. The lowest BCUT2D eigenvalue weighted by atomic mass is 9.91. The molecule has 0 unspecified atom stereocenters. The summed E-state index contributed by atoms with van der Waals surface area (Å²) < 4.78 is 11.4. The Morgan fingerprint density at radius 1 is 1.29 bits per heavy atom. The van der Waals surface area contributed by atoms with Gasteiger partial charge in [0, 0.05) is 26.3 Å². The molecular weight excluding hydrogens is 268 g/mol. The van der Waals surface area contributed by atoms with Crippen LogP contribution in [0.25, 0.3) is 0 Å². The number of hydrogen-bond donors (Lipinski definition) is 1. The second kappa shape index (κ2) is 7.07. The van der Waals surface area contributed by atoms with Crippen LogP contribution < -0.4 is 5.32 Å². The summed E-state index contributed by atoms with van der Waals surface area (Å²) >= 11 is 0. The Morgan fingerprint density at radius 2 is 2.10 bits per heavy atom. The van der Waals surface area contributed by atoms with Crippen molar-refractivity contribution in [3.8, 4) is 0 Å². The Bertz CT molecular complexity index is 357. The molecule has 5 nitrogen and oxygen atoms in total. The molecule has 5 heteroatoms. The number of likely N-dealkylation sites (N-methyl/N-ethyl adjacent to an activating group) is 1. The fourth-order valence-corrected chi connectivity index (χ4v) is 3.76. The van der Waals surface area contributed by atoms with Crippen LogP contribution >= 0.6 is 0 Å². The van der Waals surface area contributed by atoms with Gasteiger partial charge in [0.1, 0.15) is 6.10 Å². The lowest BCUT2D eigenvalue weighted by Crippen LogP contribution is -2.42. The van der Waals surface area contributed by atoms with Crippen LogP contribution in [-0.4, -0.2) is 62.4 Å². The summed E-state index contributed by atoms with van der Waals surface area (Å²) in [5.74, 6) is 1.24. The number of carbonyl (C=O) groups excluding carboxylic acids is 1. The van der Waals surface area contributed by atoms with E-state index in [9.17, 15) is 4.79 Å². The first-order valence-electron chi connectivity index (χ1n) is 8.49. The first-order chi connectivity index (χ1) is 10.3. The molecule has 120 valence electrons. The van der Waals surface area contributed by atoms with E-state index in [1.165, 1.54) is 6.42 Å². The zero-order chi connectivity index (χ0) is 14.7. The van der Waals surface area contributed by atoms with E-state index in [0.29, 0.717) is 11.8 Å². The van der Waals surface area contributed by atoms with Gasteiger partial charge in [-0.1, -0.05) is 6.92 Å². The molecule has 3 heterocycles. The van der Waals surface area contributed by atoms with E-state index in [4.69, 9.17) is 9.47 Å². The van der Waals surface area contributed by atoms with E-state index in [1.807, 2.05) is 0 Å². The number of piperidine rings is 1. The van der Waals surface area contributed by atoms with Crippen molar-refractivity contribution in [3.05, 3.63) is 0 Å². The standard InChI is InChI=1S/C16H28N2O3/c1-2-18-6-3-13-9-14(21-15(13)11-18)16(19)17-10-12-4-7-20-8-5-12/h12-15H,2-11H2,1H3,(H,17,19)/t13-,14-,15+/m1/s1. The van der Waals surface area contributed by atoms with Crippen LogP contribution in [0.2, 0.25) is 0 Å². The molecule has 3 aliphatic heterocycles. The van der Waals surface area contributed by atoms with Crippen molar-refractivity contribution in [2.75, 3.05) is 39.4 Å². The summed E-state index contributed by atoms with van der Waals surface area (Å²) in [6, 6.07) is 0. The maximum absolute atomic E-state index is 12.3. The highest BCUT2D eigenvalue weighted by molar-refractivity contribution is 5.81. The number of rotatable bonds is 4. The summed E-state index contributed by atoms with van der Waals surface area (Å²) in [5.41, 5.74) is 0. The number of ether oxygens (including phenoxy) is 2. The molecule has 1 N–H and O–H groups in total. The van der Waals surface area contributed by atoms with Gasteiger partial charge in [0.15, 0.2) is 0 Å². The van der Waals surface area contributed by atoms with Crippen molar-refractivity contribution in [2.24, 2.45) is 11.8 Å². The number of nitrogens with zero attached hydrogens (tertiary/aromatic N) is 1. The van der Waals surface area contributed by atoms with Gasteiger partial charge in [-0.3, -0.25) is 4.79 Å². The van der Waals surface area contributed by atoms with Gasteiger partial charge < -0.3 is 19.7 Å². The molecule has 0 aliphatic carbocycles. The molecule has 3 fully saturated rings. The minimum absolute atomic E-state index is 0.0962. The molecule has 3 atom stereocenters. The SMILES string of the molecule is CCN1CC[C@@H]2C[C@H](C(=O)NCC3CCOCC3)O[C@H]2C1. The Labute approximate surface area is 127 Å². The number of nitrogens with one attached hydrogen (secondary N) is 1. The lowest BCUT2D eigenvalue weighted by molar-refractivity contribution is -0.133. The Morgan fingerprint density at radius 3 is 2.86 bits per heavy atom. The summed E-state index contributed by atoms with van der Waals surface area (Å²) in [6.07, 6.45) is 4.23. The van der Waals surface area contributed by atoms with Crippen molar-refractivity contribution < 1.29 is 14.3 Å². The molecule has 21 heavy (non-hydrogen) atoms. The quantitative estimate of drug-likeness (QED) is 0.842. The predicted molar refractivity (Wildman–Crippen MR) is 80.1 cm³/mol. The van der Waals surface area contributed by atoms with Crippen molar-refractivity contribution in [1.82, 2.24) is 10.2 Å². The third-order valence-corrected chi connectivity index (χ3v) is 5.28. The van der Waals surface area contributed by atoms with Crippen LogP contribution in [-0.2, 0) is 14.3 Å². The minimum Gasteiger partial charge on any atom is -0.381 e. The third kappa shape index (κ3) is 3.76. The predicted octanol–water partition coefficient (Wildman–Crippen LogP) is 1.03. The molecule has 0 aromatic heterocycles. The maximum atomic E-state index is 12.3. The molecule has 0 bridgehead atoms.